The van der Waals surface area contributed by atoms with Crippen molar-refractivity contribution in [1.82, 2.24) is 0 Å². The summed E-state index contributed by atoms with van der Waals surface area (Å²) in [5.41, 5.74) is 5.71. The van der Waals surface area contributed by atoms with E-state index >= 15 is 0 Å². The second-order valence-corrected chi connectivity index (χ2v) is 3.65. The summed E-state index contributed by atoms with van der Waals surface area (Å²) in [4.78, 5) is 0. The Morgan fingerprint density at radius 1 is 1.17 bits per heavy atom. The van der Waals surface area contributed by atoms with Gasteiger partial charge in [0, 0.05) is 6.61 Å². The highest BCUT2D eigenvalue weighted by molar-refractivity contribution is 5.46. The van der Waals surface area contributed by atoms with Crippen LogP contribution in [-0.2, 0) is 0 Å². The highest BCUT2D eigenvalue weighted by Gasteiger charge is 2.22. The maximum absolute atomic E-state index is 8.88. The Bertz CT molecular complexity index is 246. The van der Waals surface area contributed by atoms with Crippen LogP contribution in [0, 0.1) is 5.92 Å². The molecule has 0 saturated heterocycles. The van der Waals surface area contributed by atoms with Crippen molar-refractivity contribution in [2.75, 3.05) is 6.61 Å². The van der Waals surface area contributed by atoms with E-state index in [2.05, 4.69) is 27.7 Å². The topological polar surface area (TPSA) is 20.2 Å². The molecule has 1 heteroatoms. The molecule has 0 spiro atoms. The Hall–Kier alpha value is -0.560. The van der Waals surface area contributed by atoms with Crippen molar-refractivity contribution >= 4 is 0 Å². The van der Waals surface area contributed by atoms with E-state index in [0.717, 1.165) is 6.42 Å². The summed E-state index contributed by atoms with van der Waals surface area (Å²) in [6.07, 6.45) is 0.835. The molecule has 0 bridgehead atoms. The molecule has 1 aliphatic carbocycles. The summed E-state index contributed by atoms with van der Waals surface area (Å²) in [5, 5.41) is 8.88. The van der Waals surface area contributed by atoms with Crippen LogP contribution in [0.2, 0.25) is 0 Å². The van der Waals surface area contributed by atoms with Gasteiger partial charge in [0.1, 0.15) is 0 Å². The van der Waals surface area contributed by atoms with Crippen LogP contribution < -0.4 is 0 Å². The van der Waals surface area contributed by atoms with Crippen LogP contribution in [0.25, 0.3) is 0 Å². The largest absolute Gasteiger partial charge is 0.396 e. The molecule has 0 amide bonds. The molecule has 68 valence electrons. The van der Waals surface area contributed by atoms with Crippen molar-refractivity contribution in [3.63, 3.8) is 0 Å². The molecule has 0 fully saturated rings. The first-order valence-corrected chi connectivity index (χ1v) is 4.57. The molecule has 1 aliphatic rings. The van der Waals surface area contributed by atoms with Crippen molar-refractivity contribution in [2.24, 2.45) is 5.92 Å². The van der Waals surface area contributed by atoms with Crippen molar-refractivity contribution in [2.45, 2.75) is 34.1 Å². The molecule has 1 unspecified atom stereocenters. The van der Waals surface area contributed by atoms with Crippen molar-refractivity contribution in [3.8, 4) is 0 Å². The lowest BCUT2D eigenvalue weighted by atomic mass is 9.96. The molecule has 1 rings (SSSR count). The quantitative estimate of drug-likeness (QED) is 0.668. The molecule has 0 aromatic rings. The van der Waals surface area contributed by atoms with Gasteiger partial charge in [0.05, 0.1) is 0 Å². The maximum Gasteiger partial charge on any atom is 0.0468 e. The zero-order valence-electron chi connectivity index (χ0n) is 8.44. The third-order valence-electron chi connectivity index (χ3n) is 3.19. The van der Waals surface area contributed by atoms with E-state index in [9.17, 15) is 0 Å². The molecular formula is C11H18O. The first kappa shape index (κ1) is 9.53. The smallest absolute Gasteiger partial charge is 0.0468 e. The predicted octanol–water partition coefficient (Wildman–Crippen LogP) is 2.67. The van der Waals surface area contributed by atoms with Gasteiger partial charge in [0.25, 0.3) is 0 Å². The Morgan fingerprint density at radius 2 is 1.75 bits per heavy atom. The lowest BCUT2D eigenvalue weighted by molar-refractivity contribution is 0.296. The van der Waals surface area contributed by atoms with Gasteiger partial charge >= 0.3 is 0 Å². The van der Waals surface area contributed by atoms with Crippen molar-refractivity contribution < 1.29 is 5.11 Å². The van der Waals surface area contributed by atoms with Crippen LogP contribution in [0.4, 0.5) is 0 Å². The molecule has 0 saturated carbocycles. The first-order chi connectivity index (χ1) is 5.59. The summed E-state index contributed by atoms with van der Waals surface area (Å²) < 4.78 is 0. The molecule has 0 aromatic carbocycles. The molecule has 0 aromatic heterocycles. The van der Waals surface area contributed by atoms with Gasteiger partial charge in [-0.05, 0) is 44.3 Å². The van der Waals surface area contributed by atoms with Crippen LogP contribution in [0.15, 0.2) is 22.3 Å². The minimum absolute atomic E-state index is 0.275. The molecule has 1 atom stereocenters. The standard InChI is InChI=1S/C11H18O/c1-7-8(2)10(4)11(5-6-12)9(7)3/h9,12H,5-6H2,1-4H3. The second-order valence-electron chi connectivity index (χ2n) is 3.65. The zero-order chi connectivity index (χ0) is 9.30. The number of allylic oxidation sites excluding steroid dienone is 3. The average Bonchev–Trinajstić information content (AvgIpc) is 2.23. The molecule has 12 heavy (non-hydrogen) atoms. The Kier molecular flexibility index (Phi) is 2.73. The number of aliphatic hydroxyl groups excluding tert-OH is 1. The summed E-state index contributed by atoms with van der Waals surface area (Å²) in [6.45, 7) is 9.02. The summed E-state index contributed by atoms with van der Waals surface area (Å²) in [7, 11) is 0. The van der Waals surface area contributed by atoms with E-state index in [4.69, 9.17) is 5.11 Å². The SMILES string of the molecule is CC1=C(C)C(C)C(CCO)=C1C. The van der Waals surface area contributed by atoms with Crippen LogP contribution in [0.1, 0.15) is 34.1 Å². The lowest BCUT2D eigenvalue weighted by Gasteiger charge is -2.10. The molecule has 0 radical (unpaired) electrons. The Morgan fingerprint density at radius 3 is 2.08 bits per heavy atom. The highest BCUT2D eigenvalue weighted by atomic mass is 16.2. The van der Waals surface area contributed by atoms with Gasteiger partial charge in [-0.3, -0.25) is 0 Å². The summed E-state index contributed by atoms with van der Waals surface area (Å²) in [5.74, 6) is 0.553. The van der Waals surface area contributed by atoms with E-state index in [1.807, 2.05) is 0 Å². The number of rotatable bonds is 2. The minimum Gasteiger partial charge on any atom is -0.396 e. The van der Waals surface area contributed by atoms with E-state index in [1.165, 1.54) is 22.3 Å². The fourth-order valence-electron chi connectivity index (χ4n) is 1.97. The monoisotopic (exact) mass is 166 g/mol. The molecule has 1 nitrogen and oxygen atoms in total. The normalized spacial score (nSPS) is 24.2. The predicted molar refractivity (Wildman–Crippen MR) is 51.9 cm³/mol. The van der Waals surface area contributed by atoms with E-state index in [-0.39, 0.29) is 6.61 Å². The van der Waals surface area contributed by atoms with Gasteiger partial charge in [0.2, 0.25) is 0 Å². The van der Waals surface area contributed by atoms with Crippen LogP contribution in [0.3, 0.4) is 0 Å². The first-order valence-electron chi connectivity index (χ1n) is 4.57. The fourth-order valence-corrected chi connectivity index (χ4v) is 1.97. The number of hydrogen-bond donors (Lipinski definition) is 1. The van der Waals surface area contributed by atoms with Crippen LogP contribution >= 0.6 is 0 Å². The Labute approximate surface area is 74.8 Å². The number of hydrogen-bond acceptors (Lipinski definition) is 1. The van der Waals surface area contributed by atoms with E-state index in [0.29, 0.717) is 5.92 Å². The van der Waals surface area contributed by atoms with Gasteiger partial charge in [0.15, 0.2) is 0 Å². The molecular weight excluding hydrogens is 148 g/mol. The Balaban J connectivity index is 2.92. The van der Waals surface area contributed by atoms with Crippen molar-refractivity contribution in [3.05, 3.63) is 22.3 Å². The third-order valence-corrected chi connectivity index (χ3v) is 3.19. The minimum atomic E-state index is 0.275. The molecule has 1 N–H and O–H groups in total. The molecule has 0 aliphatic heterocycles. The summed E-state index contributed by atoms with van der Waals surface area (Å²) >= 11 is 0. The van der Waals surface area contributed by atoms with Gasteiger partial charge in [-0.1, -0.05) is 18.1 Å². The highest BCUT2D eigenvalue weighted by Crippen LogP contribution is 2.37. The van der Waals surface area contributed by atoms with Gasteiger partial charge in [-0.15, -0.1) is 0 Å². The van der Waals surface area contributed by atoms with Crippen LogP contribution in [-0.4, -0.2) is 11.7 Å². The van der Waals surface area contributed by atoms with Crippen LogP contribution in [0.5, 0.6) is 0 Å². The lowest BCUT2D eigenvalue weighted by Crippen LogP contribution is -1.99. The second kappa shape index (κ2) is 3.44. The van der Waals surface area contributed by atoms with Gasteiger partial charge in [-0.25, -0.2) is 0 Å². The number of aliphatic hydroxyl groups is 1. The van der Waals surface area contributed by atoms with Gasteiger partial charge < -0.3 is 5.11 Å². The average molecular weight is 166 g/mol. The maximum atomic E-state index is 8.88. The molecule has 0 heterocycles. The fraction of sp³-hybridized carbons (Fsp3) is 0.636. The van der Waals surface area contributed by atoms with Crippen molar-refractivity contribution in [1.29, 1.82) is 0 Å². The zero-order valence-corrected chi connectivity index (χ0v) is 8.44. The van der Waals surface area contributed by atoms with E-state index < -0.39 is 0 Å². The third kappa shape index (κ3) is 1.34. The summed E-state index contributed by atoms with van der Waals surface area (Å²) in [6, 6.07) is 0. The van der Waals surface area contributed by atoms with E-state index in [1.54, 1.807) is 0 Å². The van der Waals surface area contributed by atoms with Gasteiger partial charge in [-0.2, -0.15) is 0 Å².